The Morgan fingerprint density at radius 2 is 1.79 bits per heavy atom. The summed E-state index contributed by atoms with van der Waals surface area (Å²) in [6.45, 7) is 10.1. The van der Waals surface area contributed by atoms with Gasteiger partial charge in [-0.3, -0.25) is 4.90 Å². The van der Waals surface area contributed by atoms with Crippen molar-refractivity contribution in [3.8, 4) is 0 Å². The van der Waals surface area contributed by atoms with E-state index >= 15 is 0 Å². The molecule has 0 spiro atoms. The van der Waals surface area contributed by atoms with Crippen LogP contribution in [0.15, 0.2) is 0 Å². The van der Waals surface area contributed by atoms with Gasteiger partial charge in [0.15, 0.2) is 0 Å². The van der Waals surface area contributed by atoms with Crippen LogP contribution in [0.3, 0.4) is 0 Å². The highest BCUT2D eigenvalue weighted by Gasteiger charge is 2.16. The molecule has 0 radical (unpaired) electrons. The van der Waals surface area contributed by atoms with Crippen LogP contribution in [0, 0.1) is 0 Å². The molecule has 5 nitrogen and oxygen atoms in total. The minimum atomic E-state index is -0.781. The fourth-order valence-corrected chi connectivity index (χ4v) is 2.27. The first-order valence-corrected chi connectivity index (χ1v) is 7.42. The standard InChI is InChI=1S/C14H28N2O3/c1-2-11-19-12-10-16-8-6-15(7-9-16)5-3-4-14(18)13-17/h13-14,18H,2-12H2,1H3. The maximum absolute atomic E-state index is 10.3. The molecular formula is C14H28N2O3. The first-order valence-electron chi connectivity index (χ1n) is 7.42. The molecule has 0 aromatic heterocycles. The van der Waals surface area contributed by atoms with E-state index in [-0.39, 0.29) is 0 Å². The molecule has 0 amide bonds. The quantitative estimate of drug-likeness (QED) is 0.460. The van der Waals surface area contributed by atoms with Gasteiger partial charge in [-0.05, 0) is 25.8 Å². The highest BCUT2D eigenvalue weighted by molar-refractivity contribution is 5.55. The molecule has 1 fully saturated rings. The van der Waals surface area contributed by atoms with Gasteiger partial charge in [0.25, 0.3) is 0 Å². The number of carbonyl (C=O) groups excluding carboxylic acids is 1. The van der Waals surface area contributed by atoms with E-state index in [0.29, 0.717) is 12.7 Å². The summed E-state index contributed by atoms with van der Waals surface area (Å²) < 4.78 is 5.50. The van der Waals surface area contributed by atoms with Crippen LogP contribution < -0.4 is 0 Å². The summed E-state index contributed by atoms with van der Waals surface area (Å²) in [5, 5.41) is 9.16. The Hall–Kier alpha value is -0.490. The van der Waals surface area contributed by atoms with Gasteiger partial charge in [0.05, 0.1) is 6.61 Å². The minimum Gasteiger partial charge on any atom is -0.386 e. The average Bonchev–Trinajstić information content (AvgIpc) is 2.45. The summed E-state index contributed by atoms with van der Waals surface area (Å²) in [5.41, 5.74) is 0. The lowest BCUT2D eigenvalue weighted by molar-refractivity contribution is -0.115. The molecule has 1 aliphatic rings. The molecule has 1 rings (SSSR count). The topological polar surface area (TPSA) is 53.0 Å². The predicted molar refractivity (Wildman–Crippen MR) is 75.3 cm³/mol. The Morgan fingerprint density at radius 1 is 1.16 bits per heavy atom. The molecular weight excluding hydrogens is 244 g/mol. The molecule has 0 saturated carbocycles. The van der Waals surface area contributed by atoms with Gasteiger partial charge in [-0.25, -0.2) is 0 Å². The zero-order valence-corrected chi connectivity index (χ0v) is 12.1. The fourth-order valence-electron chi connectivity index (χ4n) is 2.27. The number of carbonyl (C=O) groups is 1. The maximum atomic E-state index is 10.3. The number of aliphatic hydroxyl groups is 1. The highest BCUT2D eigenvalue weighted by atomic mass is 16.5. The van der Waals surface area contributed by atoms with Crippen LogP contribution in [-0.2, 0) is 9.53 Å². The van der Waals surface area contributed by atoms with Crippen molar-refractivity contribution in [2.24, 2.45) is 0 Å². The normalized spacial score (nSPS) is 19.5. The van der Waals surface area contributed by atoms with Gasteiger partial charge in [0, 0.05) is 39.3 Å². The second-order valence-corrected chi connectivity index (χ2v) is 5.14. The van der Waals surface area contributed by atoms with Crippen LogP contribution in [0.1, 0.15) is 26.2 Å². The van der Waals surface area contributed by atoms with Gasteiger partial charge in [-0.15, -0.1) is 0 Å². The van der Waals surface area contributed by atoms with Gasteiger partial charge in [-0.2, -0.15) is 0 Å². The number of piperazine rings is 1. The van der Waals surface area contributed by atoms with Gasteiger partial charge in [-0.1, -0.05) is 6.92 Å². The third-order valence-corrected chi connectivity index (χ3v) is 3.50. The summed E-state index contributed by atoms with van der Waals surface area (Å²) in [7, 11) is 0. The largest absolute Gasteiger partial charge is 0.386 e. The number of ether oxygens (including phenoxy) is 1. The van der Waals surface area contributed by atoms with Crippen molar-refractivity contribution in [3.63, 3.8) is 0 Å². The van der Waals surface area contributed by atoms with Crippen LogP contribution in [0.5, 0.6) is 0 Å². The van der Waals surface area contributed by atoms with Crippen LogP contribution in [0.2, 0.25) is 0 Å². The second kappa shape index (κ2) is 10.3. The molecule has 0 aromatic carbocycles. The van der Waals surface area contributed by atoms with Crippen molar-refractivity contribution in [1.82, 2.24) is 9.80 Å². The fraction of sp³-hybridized carbons (Fsp3) is 0.929. The summed E-state index contributed by atoms with van der Waals surface area (Å²) in [5.74, 6) is 0. The number of hydrogen-bond acceptors (Lipinski definition) is 5. The van der Waals surface area contributed by atoms with Crippen molar-refractivity contribution in [1.29, 1.82) is 0 Å². The smallest absolute Gasteiger partial charge is 0.148 e. The number of rotatable bonds is 10. The lowest BCUT2D eigenvalue weighted by atomic mass is 10.2. The molecule has 0 bridgehead atoms. The molecule has 1 atom stereocenters. The lowest BCUT2D eigenvalue weighted by Gasteiger charge is -2.34. The third-order valence-electron chi connectivity index (χ3n) is 3.50. The molecule has 19 heavy (non-hydrogen) atoms. The van der Waals surface area contributed by atoms with E-state index in [9.17, 15) is 4.79 Å². The van der Waals surface area contributed by atoms with Gasteiger partial charge < -0.3 is 19.5 Å². The van der Waals surface area contributed by atoms with Crippen molar-refractivity contribution in [3.05, 3.63) is 0 Å². The van der Waals surface area contributed by atoms with E-state index in [4.69, 9.17) is 9.84 Å². The van der Waals surface area contributed by atoms with E-state index in [2.05, 4.69) is 16.7 Å². The number of nitrogens with zero attached hydrogens (tertiary/aromatic N) is 2. The molecule has 1 heterocycles. The van der Waals surface area contributed by atoms with Crippen LogP contribution in [0.25, 0.3) is 0 Å². The van der Waals surface area contributed by atoms with Crippen molar-refractivity contribution in [2.75, 3.05) is 52.5 Å². The maximum Gasteiger partial charge on any atom is 0.148 e. The van der Waals surface area contributed by atoms with Crippen molar-refractivity contribution < 1.29 is 14.6 Å². The van der Waals surface area contributed by atoms with E-state index in [1.165, 1.54) is 0 Å². The van der Waals surface area contributed by atoms with Crippen molar-refractivity contribution >= 4 is 6.29 Å². The van der Waals surface area contributed by atoms with Gasteiger partial charge in [0.2, 0.25) is 0 Å². The van der Waals surface area contributed by atoms with Gasteiger partial charge in [0.1, 0.15) is 12.4 Å². The number of hydrogen-bond donors (Lipinski definition) is 1. The monoisotopic (exact) mass is 272 g/mol. The number of aliphatic hydroxyl groups excluding tert-OH is 1. The molecule has 0 aromatic rings. The molecule has 5 heteroatoms. The summed E-state index contributed by atoms with van der Waals surface area (Å²) in [6.07, 6.45) is 2.39. The third kappa shape index (κ3) is 7.62. The van der Waals surface area contributed by atoms with Crippen LogP contribution in [0.4, 0.5) is 0 Å². The van der Waals surface area contributed by atoms with E-state index < -0.39 is 6.10 Å². The Bertz CT molecular complexity index is 231. The summed E-state index contributed by atoms with van der Waals surface area (Å²) in [6, 6.07) is 0. The lowest BCUT2D eigenvalue weighted by Crippen LogP contribution is -2.47. The van der Waals surface area contributed by atoms with Crippen molar-refractivity contribution in [2.45, 2.75) is 32.3 Å². The zero-order chi connectivity index (χ0) is 13.9. The van der Waals surface area contributed by atoms with Gasteiger partial charge >= 0.3 is 0 Å². The molecule has 1 aliphatic heterocycles. The summed E-state index contributed by atoms with van der Waals surface area (Å²) >= 11 is 0. The molecule has 1 N–H and O–H groups in total. The molecule has 1 saturated heterocycles. The number of aldehydes is 1. The molecule has 0 aliphatic carbocycles. The summed E-state index contributed by atoms with van der Waals surface area (Å²) in [4.78, 5) is 15.1. The molecule has 1 unspecified atom stereocenters. The van der Waals surface area contributed by atoms with Crippen LogP contribution >= 0.6 is 0 Å². The Balaban J connectivity index is 2.00. The van der Waals surface area contributed by atoms with Crippen LogP contribution in [-0.4, -0.2) is 79.8 Å². The Labute approximate surface area is 116 Å². The highest BCUT2D eigenvalue weighted by Crippen LogP contribution is 2.04. The minimum absolute atomic E-state index is 0.578. The second-order valence-electron chi connectivity index (χ2n) is 5.14. The first-order chi connectivity index (χ1) is 9.26. The van der Waals surface area contributed by atoms with E-state index in [1.807, 2.05) is 0 Å². The molecule has 112 valence electrons. The van der Waals surface area contributed by atoms with E-state index in [1.54, 1.807) is 0 Å². The average molecular weight is 272 g/mol. The Morgan fingerprint density at radius 3 is 2.37 bits per heavy atom. The zero-order valence-electron chi connectivity index (χ0n) is 12.1. The SMILES string of the molecule is CCCOCCN1CCN(CCCC(O)C=O)CC1. The Kier molecular flexibility index (Phi) is 8.99. The van der Waals surface area contributed by atoms with E-state index in [0.717, 1.165) is 65.3 Å². The predicted octanol–water partition coefficient (Wildman–Crippen LogP) is 0.371. The first kappa shape index (κ1) is 16.6.